The Morgan fingerprint density at radius 2 is 2.21 bits per heavy atom. The second kappa shape index (κ2) is 5.23. The van der Waals surface area contributed by atoms with Gasteiger partial charge in [0.15, 0.2) is 5.78 Å². The van der Waals surface area contributed by atoms with E-state index in [9.17, 15) is 4.79 Å². The normalized spacial score (nSPS) is 9.93. The molecule has 0 radical (unpaired) electrons. The van der Waals surface area contributed by atoms with Crippen LogP contribution >= 0.6 is 23.2 Å². The summed E-state index contributed by atoms with van der Waals surface area (Å²) in [5.74, 6) is 0.665. The fourth-order valence-corrected chi connectivity index (χ4v) is 1.58. The molecule has 4 heteroatoms. The molecule has 1 aromatic rings. The number of ketones is 1. The molecule has 76 valence electrons. The highest BCUT2D eigenvalue weighted by molar-refractivity contribution is 6.32. The average Bonchev–Trinajstić information content (AvgIpc) is 2.17. The first-order valence-electron chi connectivity index (χ1n) is 4.12. The van der Waals surface area contributed by atoms with Crippen molar-refractivity contribution in [2.45, 2.75) is 6.42 Å². The molecule has 1 rings (SSSR count). The van der Waals surface area contributed by atoms with Gasteiger partial charge >= 0.3 is 0 Å². The monoisotopic (exact) mass is 232 g/mol. The first kappa shape index (κ1) is 11.3. The largest absolute Gasteiger partial charge is 0.494 e. The van der Waals surface area contributed by atoms with Crippen molar-refractivity contribution in [1.29, 1.82) is 0 Å². The maximum atomic E-state index is 11.6. The van der Waals surface area contributed by atoms with Crippen molar-refractivity contribution >= 4 is 29.0 Å². The molecule has 0 aliphatic rings. The molecule has 0 atom stereocenters. The number of carbonyl (C=O) groups is 1. The molecule has 0 saturated heterocycles. The second-order valence-corrected chi connectivity index (χ2v) is 3.47. The lowest BCUT2D eigenvalue weighted by molar-refractivity contribution is 0.0986. The number of halogens is 2. The summed E-state index contributed by atoms with van der Waals surface area (Å²) in [6.45, 7) is 0. The van der Waals surface area contributed by atoms with Gasteiger partial charge in [0, 0.05) is 12.3 Å². The van der Waals surface area contributed by atoms with Gasteiger partial charge in [-0.05, 0) is 12.1 Å². The molecule has 0 N–H and O–H groups in total. The Labute approximate surface area is 92.8 Å². The van der Waals surface area contributed by atoms with Crippen LogP contribution in [0, 0.1) is 0 Å². The molecule has 2 nitrogen and oxygen atoms in total. The van der Waals surface area contributed by atoms with Crippen LogP contribution < -0.4 is 4.74 Å². The Hall–Kier alpha value is -0.730. The summed E-state index contributed by atoms with van der Waals surface area (Å²) < 4.78 is 5.05. The van der Waals surface area contributed by atoms with Crippen LogP contribution in [0.4, 0.5) is 0 Å². The minimum Gasteiger partial charge on any atom is -0.494 e. The number of alkyl halides is 1. The Morgan fingerprint density at radius 1 is 1.50 bits per heavy atom. The van der Waals surface area contributed by atoms with Gasteiger partial charge in [0.25, 0.3) is 0 Å². The van der Waals surface area contributed by atoms with Crippen LogP contribution in [0.3, 0.4) is 0 Å². The molecular formula is C10H10Cl2O2. The molecule has 0 unspecified atom stereocenters. The minimum absolute atomic E-state index is 0.0562. The third kappa shape index (κ3) is 2.40. The highest BCUT2D eigenvalue weighted by atomic mass is 35.5. The molecule has 0 spiro atoms. The number of rotatable bonds is 4. The summed E-state index contributed by atoms with van der Waals surface area (Å²) in [5, 5.41) is 0.438. The van der Waals surface area contributed by atoms with E-state index in [-0.39, 0.29) is 12.2 Å². The van der Waals surface area contributed by atoms with Gasteiger partial charge in [0.2, 0.25) is 0 Å². The fraction of sp³-hybridized carbons (Fsp3) is 0.300. The molecular weight excluding hydrogens is 223 g/mol. The average molecular weight is 233 g/mol. The molecule has 1 aromatic carbocycles. The maximum Gasteiger partial charge on any atom is 0.167 e. The van der Waals surface area contributed by atoms with Crippen LogP contribution in [0.25, 0.3) is 0 Å². The standard InChI is InChI=1S/C10H10Cl2O2/c1-14-10-7(9(13)5-6-11)3-2-4-8(10)12/h2-4H,5-6H2,1H3. The van der Waals surface area contributed by atoms with Crippen molar-refractivity contribution in [2.24, 2.45) is 0 Å². The number of Topliss-reactive ketones (excluding diaryl/α,β-unsaturated/α-hetero) is 1. The number of para-hydroxylation sites is 1. The summed E-state index contributed by atoms with van der Waals surface area (Å²) in [6.07, 6.45) is 0.290. The number of carbonyl (C=O) groups excluding carboxylic acids is 1. The first-order chi connectivity index (χ1) is 6.70. The van der Waals surface area contributed by atoms with E-state index >= 15 is 0 Å². The van der Waals surface area contributed by atoms with Crippen molar-refractivity contribution < 1.29 is 9.53 Å². The topological polar surface area (TPSA) is 26.3 Å². The molecule has 0 aromatic heterocycles. The van der Waals surface area contributed by atoms with Crippen molar-refractivity contribution in [1.82, 2.24) is 0 Å². The highest BCUT2D eigenvalue weighted by Crippen LogP contribution is 2.29. The molecule has 0 amide bonds. The van der Waals surface area contributed by atoms with Gasteiger partial charge < -0.3 is 4.74 Å². The van der Waals surface area contributed by atoms with E-state index < -0.39 is 0 Å². The Balaban J connectivity index is 3.07. The molecule has 0 bridgehead atoms. The van der Waals surface area contributed by atoms with Gasteiger partial charge in [-0.1, -0.05) is 17.7 Å². The fourth-order valence-electron chi connectivity index (χ4n) is 1.16. The third-order valence-electron chi connectivity index (χ3n) is 1.79. The van der Waals surface area contributed by atoms with Crippen molar-refractivity contribution in [2.75, 3.05) is 13.0 Å². The lowest BCUT2D eigenvalue weighted by Gasteiger charge is -2.07. The summed E-state index contributed by atoms with van der Waals surface area (Å²) in [4.78, 5) is 11.6. The van der Waals surface area contributed by atoms with Crippen molar-refractivity contribution in [3.63, 3.8) is 0 Å². The molecule has 0 saturated carbocycles. The lowest BCUT2D eigenvalue weighted by atomic mass is 10.1. The van der Waals surface area contributed by atoms with Crippen LogP contribution in [-0.4, -0.2) is 18.8 Å². The van der Waals surface area contributed by atoms with Gasteiger partial charge in [-0.2, -0.15) is 0 Å². The predicted molar refractivity (Wildman–Crippen MR) is 57.7 cm³/mol. The van der Waals surface area contributed by atoms with Gasteiger partial charge in [-0.3, -0.25) is 4.79 Å². The number of hydrogen-bond donors (Lipinski definition) is 0. The van der Waals surface area contributed by atoms with Gasteiger partial charge in [0.05, 0.1) is 17.7 Å². The van der Waals surface area contributed by atoms with E-state index in [1.807, 2.05) is 0 Å². The van der Waals surface area contributed by atoms with Crippen LogP contribution in [0.2, 0.25) is 5.02 Å². The number of hydrogen-bond acceptors (Lipinski definition) is 2. The van der Waals surface area contributed by atoms with E-state index in [1.165, 1.54) is 7.11 Å². The maximum absolute atomic E-state index is 11.6. The zero-order valence-corrected chi connectivity index (χ0v) is 9.23. The van der Waals surface area contributed by atoms with E-state index in [4.69, 9.17) is 27.9 Å². The van der Waals surface area contributed by atoms with Crippen molar-refractivity contribution in [3.8, 4) is 5.75 Å². The molecule has 0 heterocycles. The second-order valence-electron chi connectivity index (χ2n) is 2.68. The summed E-state index contributed by atoms with van der Waals surface area (Å²) in [6, 6.07) is 5.07. The Morgan fingerprint density at radius 3 is 2.79 bits per heavy atom. The lowest BCUT2D eigenvalue weighted by Crippen LogP contribution is -2.02. The third-order valence-corrected chi connectivity index (χ3v) is 2.28. The quantitative estimate of drug-likeness (QED) is 0.589. The first-order valence-corrected chi connectivity index (χ1v) is 5.03. The number of methoxy groups -OCH3 is 1. The van der Waals surface area contributed by atoms with E-state index in [0.717, 1.165) is 0 Å². The predicted octanol–water partition coefficient (Wildman–Crippen LogP) is 3.16. The molecule has 0 fully saturated rings. The summed E-state index contributed by atoms with van der Waals surface area (Å²) in [7, 11) is 1.48. The van der Waals surface area contributed by atoms with Crippen LogP contribution in [-0.2, 0) is 0 Å². The van der Waals surface area contributed by atoms with Crippen molar-refractivity contribution in [3.05, 3.63) is 28.8 Å². The smallest absolute Gasteiger partial charge is 0.167 e. The molecule has 0 aliphatic carbocycles. The Kier molecular flexibility index (Phi) is 4.23. The van der Waals surface area contributed by atoms with E-state index in [2.05, 4.69) is 0 Å². The van der Waals surface area contributed by atoms with Gasteiger partial charge in [-0.25, -0.2) is 0 Å². The number of benzene rings is 1. The highest BCUT2D eigenvalue weighted by Gasteiger charge is 2.13. The van der Waals surface area contributed by atoms with Crippen LogP contribution in [0.1, 0.15) is 16.8 Å². The Bertz CT molecular complexity index is 337. The van der Waals surface area contributed by atoms with Crippen LogP contribution in [0.15, 0.2) is 18.2 Å². The van der Waals surface area contributed by atoms with Crippen LogP contribution in [0.5, 0.6) is 5.75 Å². The van der Waals surface area contributed by atoms with Gasteiger partial charge in [0.1, 0.15) is 5.75 Å². The molecule has 0 aliphatic heterocycles. The summed E-state index contributed by atoms with van der Waals surface area (Å²) >= 11 is 11.4. The van der Waals surface area contributed by atoms with E-state index in [0.29, 0.717) is 22.2 Å². The zero-order chi connectivity index (χ0) is 10.6. The molecule has 14 heavy (non-hydrogen) atoms. The zero-order valence-electron chi connectivity index (χ0n) is 7.72. The summed E-state index contributed by atoms with van der Waals surface area (Å²) in [5.41, 5.74) is 0.487. The minimum atomic E-state index is -0.0562. The SMILES string of the molecule is COc1c(Cl)cccc1C(=O)CCCl. The number of ether oxygens (including phenoxy) is 1. The van der Waals surface area contributed by atoms with E-state index in [1.54, 1.807) is 18.2 Å². The van der Waals surface area contributed by atoms with Gasteiger partial charge in [-0.15, -0.1) is 11.6 Å².